The van der Waals surface area contributed by atoms with Crippen molar-refractivity contribution in [3.05, 3.63) is 54.3 Å². The molecule has 0 radical (unpaired) electrons. The summed E-state index contributed by atoms with van der Waals surface area (Å²) >= 11 is 0. The summed E-state index contributed by atoms with van der Waals surface area (Å²) in [6.45, 7) is 0.431. The van der Waals surface area contributed by atoms with E-state index in [-0.39, 0.29) is 6.61 Å². The summed E-state index contributed by atoms with van der Waals surface area (Å²) in [5.74, 6) is 0.982. The normalized spacial score (nSPS) is 10.7. The third-order valence-corrected chi connectivity index (χ3v) is 2.80. The first kappa shape index (κ1) is 12.4. The highest BCUT2D eigenvalue weighted by Crippen LogP contribution is 2.17. The molecular weight excluding hydrogens is 258 g/mol. The molecule has 2 N–H and O–H groups in total. The van der Waals surface area contributed by atoms with Gasteiger partial charge in [0, 0.05) is 5.69 Å². The maximum atomic E-state index is 9.08. The molecular formula is C14H13N3O3. The number of rotatable bonds is 5. The molecule has 20 heavy (non-hydrogen) atoms. The van der Waals surface area contributed by atoms with Crippen LogP contribution in [0.3, 0.4) is 0 Å². The lowest BCUT2D eigenvalue weighted by Gasteiger charge is -2.04. The first-order valence-electron chi connectivity index (χ1n) is 6.14. The molecule has 0 saturated heterocycles. The quantitative estimate of drug-likeness (QED) is 0.741. The predicted molar refractivity (Wildman–Crippen MR) is 71.7 cm³/mol. The number of aromatic nitrogens is 2. The lowest BCUT2D eigenvalue weighted by molar-refractivity contribution is 0.282. The highest BCUT2D eigenvalue weighted by atomic mass is 16.5. The Morgan fingerprint density at radius 3 is 3.00 bits per heavy atom. The van der Waals surface area contributed by atoms with Crippen LogP contribution in [0.5, 0.6) is 0 Å². The molecule has 2 heterocycles. The highest BCUT2D eigenvalue weighted by molar-refractivity contribution is 5.51. The highest BCUT2D eigenvalue weighted by Gasteiger charge is 2.09. The fourth-order valence-electron chi connectivity index (χ4n) is 1.79. The molecule has 102 valence electrons. The maximum Gasteiger partial charge on any atom is 0.246 e. The molecule has 0 aliphatic heterocycles. The van der Waals surface area contributed by atoms with Crippen LogP contribution in [0.15, 0.2) is 51.8 Å². The number of aliphatic hydroxyl groups excluding tert-OH is 1. The Labute approximate surface area is 115 Å². The van der Waals surface area contributed by atoms with Crippen LogP contribution in [0.4, 0.5) is 5.69 Å². The van der Waals surface area contributed by atoms with Crippen molar-refractivity contribution in [2.45, 2.75) is 13.2 Å². The van der Waals surface area contributed by atoms with Gasteiger partial charge in [-0.05, 0) is 23.8 Å². The van der Waals surface area contributed by atoms with Crippen LogP contribution in [0.1, 0.15) is 11.5 Å². The van der Waals surface area contributed by atoms with E-state index in [0.717, 1.165) is 16.8 Å². The largest absolute Gasteiger partial charge is 0.472 e. The molecule has 0 bridgehead atoms. The SMILES string of the molecule is OCc1cccc(NCc2nc(-c3ccoc3)no2)c1. The second kappa shape index (κ2) is 5.58. The molecule has 0 aliphatic rings. The lowest BCUT2D eigenvalue weighted by Crippen LogP contribution is -2.00. The average Bonchev–Trinajstić information content (AvgIpc) is 3.16. The third kappa shape index (κ3) is 2.70. The van der Waals surface area contributed by atoms with Crippen molar-refractivity contribution in [2.75, 3.05) is 5.32 Å². The standard InChI is InChI=1S/C14H13N3O3/c18-8-10-2-1-3-12(6-10)15-7-13-16-14(17-20-13)11-4-5-19-9-11/h1-6,9,15,18H,7-8H2. The van der Waals surface area contributed by atoms with Gasteiger partial charge in [-0.3, -0.25) is 0 Å². The van der Waals surface area contributed by atoms with Gasteiger partial charge in [0.1, 0.15) is 6.26 Å². The summed E-state index contributed by atoms with van der Waals surface area (Å²) in [6.07, 6.45) is 3.12. The number of nitrogens with zero attached hydrogens (tertiary/aromatic N) is 2. The Morgan fingerprint density at radius 2 is 2.20 bits per heavy atom. The van der Waals surface area contributed by atoms with Crippen molar-refractivity contribution in [2.24, 2.45) is 0 Å². The molecule has 3 rings (SSSR count). The molecule has 0 amide bonds. The van der Waals surface area contributed by atoms with Crippen molar-refractivity contribution in [3.63, 3.8) is 0 Å². The van der Waals surface area contributed by atoms with Crippen LogP contribution in [0.25, 0.3) is 11.4 Å². The van der Waals surface area contributed by atoms with Crippen molar-refractivity contribution >= 4 is 5.69 Å². The molecule has 3 aromatic rings. The zero-order valence-corrected chi connectivity index (χ0v) is 10.6. The fourth-order valence-corrected chi connectivity index (χ4v) is 1.79. The zero-order chi connectivity index (χ0) is 13.8. The maximum absolute atomic E-state index is 9.08. The molecule has 0 unspecified atom stereocenters. The Balaban J connectivity index is 1.66. The second-order valence-electron chi connectivity index (χ2n) is 4.24. The van der Waals surface area contributed by atoms with Gasteiger partial charge in [-0.15, -0.1) is 0 Å². The van der Waals surface area contributed by atoms with Crippen molar-refractivity contribution in [1.82, 2.24) is 10.1 Å². The Kier molecular flexibility index (Phi) is 3.47. The number of anilines is 1. The molecule has 6 nitrogen and oxygen atoms in total. The number of benzene rings is 1. The Hall–Kier alpha value is -2.60. The molecule has 1 aromatic carbocycles. The van der Waals surface area contributed by atoms with Gasteiger partial charge < -0.3 is 19.4 Å². The molecule has 0 spiro atoms. The second-order valence-corrected chi connectivity index (χ2v) is 4.24. The van der Waals surface area contributed by atoms with Crippen LogP contribution in [0, 0.1) is 0 Å². The number of hydrogen-bond acceptors (Lipinski definition) is 6. The van der Waals surface area contributed by atoms with E-state index in [2.05, 4.69) is 15.5 Å². The monoisotopic (exact) mass is 271 g/mol. The molecule has 0 saturated carbocycles. The first-order chi connectivity index (χ1) is 9.85. The van der Waals surface area contributed by atoms with E-state index in [1.807, 2.05) is 24.3 Å². The van der Waals surface area contributed by atoms with Crippen molar-refractivity contribution in [1.29, 1.82) is 0 Å². The minimum atomic E-state index is 0.0146. The fraction of sp³-hybridized carbons (Fsp3) is 0.143. The van der Waals surface area contributed by atoms with E-state index in [1.165, 1.54) is 0 Å². The third-order valence-electron chi connectivity index (χ3n) is 2.80. The summed E-state index contributed by atoms with van der Waals surface area (Å²) in [5, 5.41) is 16.1. The van der Waals surface area contributed by atoms with Gasteiger partial charge in [-0.2, -0.15) is 4.98 Å². The number of hydrogen-bond donors (Lipinski definition) is 2. The van der Waals surface area contributed by atoms with E-state index in [1.54, 1.807) is 18.6 Å². The molecule has 2 aromatic heterocycles. The van der Waals surface area contributed by atoms with Gasteiger partial charge in [-0.25, -0.2) is 0 Å². The van der Waals surface area contributed by atoms with E-state index in [4.69, 9.17) is 14.0 Å². The smallest absolute Gasteiger partial charge is 0.246 e. The first-order valence-corrected chi connectivity index (χ1v) is 6.14. The zero-order valence-electron chi connectivity index (χ0n) is 10.6. The minimum Gasteiger partial charge on any atom is -0.472 e. The molecule has 0 fully saturated rings. The average molecular weight is 271 g/mol. The summed E-state index contributed by atoms with van der Waals surface area (Å²) in [5.41, 5.74) is 2.52. The van der Waals surface area contributed by atoms with Crippen LogP contribution in [-0.4, -0.2) is 15.2 Å². The van der Waals surface area contributed by atoms with Gasteiger partial charge in [0.15, 0.2) is 0 Å². The van der Waals surface area contributed by atoms with Crippen LogP contribution >= 0.6 is 0 Å². The van der Waals surface area contributed by atoms with E-state index in [0.29, 0.717) is 18.3 Å². The summed E-state index contributed by atoms with van der Waals surface area (Å²) in [4.78, 5) is 4.26. The van der Waals surface area contributed by atoms with Gasteiger partial charge >= 0.3 is 0 Å². The van der Waals surface area contributed by atoms with Gasteiger partial charge in [0.2, 0.25) is 11.7 Å². The van der Waals surface area contributed by atoms with Gasteiger partial charge in [0.25, 0.3) is 0 Å². The number of nitrogens with one attached hydrogen (secondary N) is 1. The van der Waals surface area contributed by atoms with E-state index in [9.17, 15) is 0 Å². The topological polar surface area (TPSA) is 84.3 Å². The summed E-state index contributed by atoms with van der Waals surface area (Å²) in [6, 6.07) is 9.28. The van der Waals surface area contributed by atoms with Crippen molar-refractivity contribution < 1.29 is 14.0 Å². The molecule has 0 atom stereocenters. The van der Waals surface area contributed by atoms with Crippen molar-refractivity contribution in [3.8, 4) is 11.4 Å². The van der Waals surface area contributed by atoms with E-state index < -0.39 is 0 Å². The van der Waals surface area contributed by atoms with Crippen LogP contribution in [-0.2, 0) is 13.2 Å². The Morgan fingerprint density at radius 1 is 1.25 bits per heavy atom. The predicted octanol–water partition coefficient (Wildman–Crippen LogP) is 2.43. The van der Waals surface area contributed by atoms with Gasteiger partial charge in [0.05, 0.1) is 25.0 Å². The van der Waals surface area contributed by atoms with Gasteiger partial charge in [-0.1, -0.05) is 17.3 Å². The van der Waals surface area contributed by atoms with Crippen LogP contribution in [0.2, 0.25) is 0 Å². The molecule has 0 aliphatic carbocycles. The van der Waals surface area contributed by atoms with Crippen LogP contribution < -0.4 is 5.32 Å². The molecule has 6 heteroatoms. The summed E-state index contributed by atoms with van der Waals surface area (Å²) in [7, 11) is 0. The number of furan rings is 1. The van der Waals surface area contributed by atoms with E-state index >= 15 is 0 Å². The summed E-state index contributed by atoms with van der Waals surface area (Å²) < 4.78 is 10.1. The lowest BCUT2D eigenvalue weighted by atomic mass is 10.2. The Bertz CT molecular complexity index is 677. The number of aliphatic hydroxyl groups is 1. The minimum absolute atomic E-state index is 0.0146.